The largest absolute Gasteiger partial charge is 0.368 e. The van der Waals surface area contributed by atoms with Crippen molar-refractivity contribution in [2.45, 2.75) is 6.54 Å². The maximum Gasteiger partial charge on any atom is 0.329 e. The van der Waals surface area contributed by atoms with E-state index in [4.69, 9.17) is 5.73 Å². The van der Waals surface area contributed by atoms with E-state index in [0.29, 0.717) is 6.54 Å². The number of nitrogen functional groups attached to an aromatic ring is 1. The first-order valence-electron chi connectivity index (χ1n) is 5.21. The molecule has 3 N–H and O–H groups in total. The zero-order chi connectivity index (χ0) is 13.0. The summed E-state index contributed by atoms with van der Waals surface area (Å²) < 4.78 is 0. The van der Waals surface area contributed by atoms with Crippen LogP contribution in [0.25, 0.3) is 0 Å². The normalized spacial score (nSPS) is 10.0. The number of nitro groups is 1. The Balaban J connectivity index is 2.18. The SMILES string of the molecule is Nc1ncc([N+](=O)[O-])c(NCc2ccccc2)n1. The summed E-state index contributed by atoms with van der Waals surface area (Å²) in [6.07, 6.45) is 1.09. The quantitative estimate of drug-likeness (QED) is 0.625. The van der Waals surface area contributed by atoms with Crippen molar-refractivity contribution < 1.29 is 4.92 Å². The van der Waals surface area contributed by atoms with Gasteiger partial charge >= 0.3 is 5.69 Å². The number of rotatable bonds is 4. The maximum atomic E-state index is 10.8. The Morgan fingerprint density at radius 1 is 1.33 bits per heavy atom. The third kappa shape index (κ3) is 2.70. The summed E-state index contributed by atoms with van der Waals surface area (Å²) in [6, 6.07) is 9.49. The van der Waals surface area contributed by atoms with Crippen molar-refractivity contribution in [3.63, 3.8) is 0 Å². The molecule has 0 unspecified atom stereocenters. The minimum atomic E-state index is -0.549. The molecule has 0 saturated heterocycles. The molecule has 1 aromatic carbocycles. The van der Waals surface area contributed by atoms with E-state index in [-0.39, 0.29) is 17.5 Å². The number of hydrogen-bond donors (Lipinski definition) is 2. The Morgan fingerprint density at radius 3 is 2.72 bits per heavy atom. The first-order valence-corrected chi connectivity index (χ1v) is 5.21. The van der Waals surface area contributed by atoms with E-state index < -0.39 is 4.92 Å². The predicted molar refractivity (Wildman–Crippen MR) is 66.9 cm³/mol. The van der Waals surface area contributed by atoms with Crippen LogP contribution in [0, 0.1) is 10.1 Å². The fraction of sp³-hybridized carbons (Fsp3) is 0.0909. The van der Waals surface area contributed by atoms with Crippen LogP contribution in [0.4, 0.5) is 17.5 Å². The van der Waals surface area contributed by atoms with Gasteiger partial charge in [-0.25, -0.2) is 4.98 Å². The number of nitrogens with two attached hydrogens (primary N) is 1. The minimum Gasteiger partial charge on any atom is -0.368 e. The molecule has 0 atom stereocenters. The van der Waals surface area contributed by atoms with Crippen LogP contribution in [-0.2, 0) is 6.54 Å². The molecule has 7 nitrogen and oxygen atoms in total. The van der Waals surface area contributed by atoms with E-state index in [1.54, 1.807) is 0 Å². The molecule has 2 rings (SSSR count). The number of hydrogen-bond acceptors (Lipinski definition) is 6. The lowest BCUT2D eigenvalue weighted by molar-refractivity contribution is -0.384. The molecule has 0 amide bonds. The van der Waals surface area contributed by atoms with Crippen molar-refractivity contribution in [1.82, 2.24) is 9.97 Å². The number of benzene rings is 1. The van der Waals surface area contributed by atoms with E-state index in [2.05, 4.69) is 15.3 Å². The van der Waals surface area contributed by atoms with Gasteiger partial charge in [0, 0.05) is 6.54 Å². The highest BCUT2D eigenvalue weighted by atomic mass is 16.6. The van der Waals surface area contributed by atoms with Gasteiger partial charge in [-0.2, -0.15) is 4.98 Å². The van der Waals surface area contributed by atoms with Crippen LogP contribution in [0.5, 0.6) is 0 Å². The summed E-state index contributed by atoms with van der Waals surface area (Å²) in [7, 11) is 0. The second-order valence-electron chi connectivity index (χ2n) is 3.56. The lowest BCUT2D eigenvalue weighted by Crippen LogP contribution is -2.07. The van der Waals surface area contributed by atoms with Gasteiger partial charge in [0.15, 0.2) is 0 Å². The van der Waals surface area contributed by atoms with Crippen molar-refractivity contribution in [3.8, 4) is 0 Å². The molecule has 0 bridgehead atoms. The average Bonchev–Trinajstić information content (AvgIpc) is 2.37. The third-order valence-electron chi connectivity index (χ3n) is 2.29. The Labute approximate surface area is 103 Å². The summed E-state index contributed by atoms with van der Waals surface area (Å²) in [4.78, 5) is 17.7. The number of anilines is 2. The molecule has 2 aromatic rings. The monoisotopic (exact) mass is 245 g/mol. The van der Waals surface area contributed by atoms with Crippen LogP contribution in [0.15, 0.2) is 36.5 Å². The Bertz CT molecular complexity index is 559. The van der Waals surface area contributed by atoms with Gasteiger partial charge in [0.2, 0.25) is 11.8 Å². The standard InChI is InChI=1S/C11H11N5O2/c12-11-14-7-9(16(17)18)10(15-11)13-6-8-4-2-1-3-5-8/h1-5,7H,6H2,(H3,12,13,14,15). The van der Waals surface area contributed by atoms with Gasteiger partial charge in [0.1, 0.15) is 6.20 Å². The van der Waals surface area contributed by atoms with Gasteiger partial charge in [-0.1, -0.05) is 30.3 Å². The second kappa shape index (κ2) is 5.09. The van der Waals surface area contributed by atoms with Crippen LogP contribution in [0.1, 0.15) is 5.56 Å². The lowest BCUT2D eigenvalue weighted by Gasteiger charge is -2.06. The molecule has 7 heteroatoms. The molecule has 18 heavy (non-hydrogen) atoms. The third-order valence-corrected chi connectivity index (χ3v) is 2.29. The maximum absolute atomic E-state index is 10.8. The summed E-state index contributed by atoms with van der Waals surface area (Å²) in [5.41, 5.74) is 6.21. The smallest absolute Gasteiger partial charge is 0.329 e. The highest BCUT2D eigenvalue weighted by molar-refractivity contribution is 5.56. The molecular weight excluding hydrogens is 234 g/mol. The van der Waals surface area contributed by atoms with Crippen molar-refractivity contribution >= 4 is 17.5 Å². The van der Waals surface area contributed by atoms with E-state index in [0.717, 1.165) is 11.8 Å². The average molecular weight is 245 g/mol. The van der Waals surface area contributed by atoms with Gasteiger partial charge in [0.05, 0.1) is 4.92 Å². The first kappa shape index (κ1) is 11.8. The van der Waals surface area contributed by atoms with Crippen LogP contribution >= 0.6 is 0 Å². The molecule has 1 aromatic heterocycles. The molecule has 0 fully saturated rings. The zero-order valence-electron chi connectivity index (χ0n) is 9.41. The van der Waals surface area contributed by atoms with Gasteiger partial charge in [-0.3, -0.25) is 10.1 Å². The Hall–Kier alpha value is -2.70. The van der Waals surface area contributed by atoms with E-state index in [1.165, 1.54) is 0 Å². The van der Waals surface area contributed by atoms with Crippen LogP contribution in [0.3, 0.4) is 0 Å². The lowest BCUT2D eigenvalue weighted by atomic mass is 10.2. The van der Waals surface area contributed by atoms with Crippen LogP contribution < -0.4 is 11.1 Å². The molecule has 0 aliphatic carbocycles. The number of nitrogens with zero attached hydrogens (tertiary/aromatic N) is 3. The summed E-state index contributed by atoms with van der Waals surface area (Å²) in [5.74, 6) is 0.118. The van der Waals surface area contributed by atoms with Crippen molar-refractivity contribution in [3.05, 3.63) is 52.2 Å². The van der Waals surface area contributed by atoms with E-state index in [9.17, 15) is 10.1 Å². The van der Waals surface area contributed by atoms with Crippen molar-refractivity contribution in [1.29, 1.82) is 0 Å². The summed E-state index contributed by atoms with van der Waals surface area (Å²) in [6.45, 7) is 0.429. The molecule has 1 heterocycles. The minimum absolute atomic E-state index is 0.00355. The van der Waals surface area contributed by atoms with Crippen LogP contribution in [-0.4, -0.2) is 14.9 Å². The molecule has 0 saturated carbocycles. The highest BCUT2D eigenvalue weighted by Crippen LogP contribution is 2.21. The summed E-state index contributed by atoms with van der Waals surface area (Å²) >= 11 is 0. The molecule has 0 aliphatic heterocycles. The molecular formula is C11H11N5O2. The van der Waals surface area contributed by atoms with Crippen LogP contribution in [0.2, 0.25) is 0 Å². The van der Waals surface area contributed by atoms with E-state index in [1.807, 2.05) is 30.3 Å². The Kier molecular flexibility index (Phi) is 3.33. The zero-order valence-corrected chi connectivity index (χ0v) is 9.41. The molecule has 92 valence electrons. The Morgan fingerprint density at radius 2 is 2.06 bits per heavy atom. The van der Waals surface area contributed by atoms with Gasteiger partial charge in [0.25, 0.3) is 0 Å². The number of aromatic nitrogens is 2. The highest BCUT2D eigenvalue weighted by Gasteiger charge is 2.16. The van der Waals surface area contributed by atoms with Gasteiger partial charge in [-0.15, -0.1) is 0 Å². The van der Waals surface area contributed by atoms with E-state index >= 15 is 0 Å². The molecule has 0 radical (unpaired) electrons. The fourth-order valence-corrected chi connectivity index (χ4v) is 1.43. The van der Waals surface area contributed by atoms with Crippen molar-refractivity contribution in [2.75, 3.05) is 11.1 Å². The van der Waals surface area contributed by atoms with Crippen molar-refractivity contribution in [2.24, 2.45) is 0 Å². The molecule has 0 spiro atoms. The fourth-order valence-electron chi connectivity index (χ4n) is 1.43. The van der Waals surface area contributed by atoms with Gasteiger partial charge in [-0.05, 0) is 5.56 Å². The summed E-state index contributed by atoms with van der Waals surface area (Å²) in [5, 5.41) is 13.7. The predicted octanol–water partition coefficient (Wildman–Crippen LogP) is 1.58. The topological polar surface area (TPSA) is 107 Å². The number of nitrogens with one attached hydrogen (secondary N) is 1. The first-order chi connectivity index (χ1) is 8.66. The molecule has 0 aliphatic rings. The van der Waals surface area contributed by atoms with Gasteiger partial charge < -0.3 is 11.1 Å². The second-order valence-corrected chi connectivity index (χ2v) is 3.56.